The van der Waals surface area contributed by atoms with Gasteiger partial charge in [0, 0.05) is 18.0 Å². The first-order valence-corrected chi connectivity index (χ1v) is 8.51. The highest BCUT2D eigenvalue weighted by Gasteiger charge is 2.29. The molecule has 114 valence electrons. The summed E-state index contributed by atoms with van der Waals surface area (Å²) in [5, 5.41) is 2.13. The standard InChI is InChI=1S/C16H27NO2S/c1-4-14(17)15(16-11(2)8-9-20-16)19-13-7-5-6-12(10-13)18-3/h8-9,12-15H,4-7,10,17H2,1-3H3. The smallest absolute Gasteiger partial charge is 0.107 e. The molecule has 0 radical (unpaired) electrons. The first-order chi connectivity index (χ1) is 9.65. The maximum Gasteiger partial charge on any atom is 0.107 e. The average Bonchev–Trinajstić information content (AvgIpc) is 2.90. The monoisotopic (exact) mass is 297 g/mol. The molecule has 0 aromatic carbocycles. The highest BCUT2D eigenvalue weighted by molar-refractivity contribution is 7.10. The Morgan fingerprint density at radius 1 is 1.40 bits per heavy atom. The molecule has 1 aromatic heterocycles. The van der Waals surface area contributed by atoms with Crippen LogP contribution in [-0.2, 0) is 9.47 Å². The van der Waals surface area contributed by atoms with E-state index in [1.54, 1.807) is 18.4 Å². The maximum absolute atomic E-state index is 6.41. The molecule has 4 atom stereocenters. The number of ether oxygens (including phenoxy) is 2. The molecule has 0 amide bonds. The second kappa shape index (κ2) is 7.55. The quantitative estimate of drug-likeness (QED) is 0.868. The predicted molar refractivity (Wildman–Crippen MR) is 84.2 cm³/mol. The van der Waals surface area contributed by atoms with Gasteiger partial charge >= 0.3 is 0 Å². The molecule has 2 N–H and O–H groups in total. The van der Waals surface area contributed by atoms with E-state index in [9.17, 15) is 0 Å². The van der Waals surface area contributed by atoms with Gasteiger partial charge in [-0.05, 0) is 56.0 Å². The van der Waals surface area contributed by atoms with Crippen molar-refractivity contribution in [1.29, 1.82) is 0 Å². The molecule has 1 saturated carbocycles. The number of methoxy groups -OCH3 is 1. The molecule has 20 heavy (non-hydrogen) atoms. The van der Waals surface area contributed by atoms with E-state index in [4.69, 9.17) is 15.2 Å². The number of hydrogen-bond acceptors (Lipinski definition) is 4. The van der Waals surface area contributed by atoms with E-state index in [1.165, 1.54) is 16.9 Å². The van der Waals surface area contributed by atoms with Gasteiger partial charge in [0.25, 0.3) is 0 Å². The third-order valence-corrected chi connectivity index (χ3v) is 5.35. The Kier molecular flexibility index (Phi) is 6.02. The van der Waals surface area contributed by atoms with Crippen molar-refractivity contribution in [3.8, 4) is 0 Å². The van der Waals surface area contributed by atoms with Gasteiger partial charge < -0.3 is 15.2 Å². The summed E-state index contributed by atoms with van der Waals surface area (Å²) in [6.45, 7) is 4.27. The van der Waals surface area contributed by atoms with Gasteiger partial charge in [0.05, 0.1) is 12.2 Å². The molecular weight excluding hydrogens is 270 g/mol. The lowest BCUT2D eigenvalue weighted by molar-refractivity contribution is -0.0735. The lowest BCUT2D eigenvalue weighted by atomic mass is 9.94. The van der Waals surface area contributed by atoms with Gasteiger partial charge in [-0.3, -0.25) is 0 Å². The van der Waals surface area contributed by atoms with Crippen molar-refractivity contribution in [3.63, 3.8) is 0 Å². The zero-order valence-corrected chi connectivity index (χ0v) is 13.6. The molecule has 1 aromatic rings. The second-order valence-electron chi connectivity index (χ2n) is 5.74. The van der Waals surface area contributed by atoms with Crippen LogP contribution in [0.4, 0.5) is 0 Å². The maximum atomic E-state index is 6.41. The van der Waals surface area contributed by atoms with Gasteiger partial charge in [0.15, 0.2) is 0 Å². The fraction of sp³-hybridized carbons (Fsp3) is 0.750. The first-order valence-electron chi connectivity index (χ1n) is 7.63. The summed E-state index contributed by atoms with van der Waals surface area (Å²) in [5.41, 5.74) is 7.61. The van der Waals surface area contributed by atoms with E-state index < -0.39 is 0 Å². The number of rotatable bonds is 6. The summed E-state index contributed by atoms with van der Waals surface area (Å²) >= 11 is 1.76. The first kappa shape index (κ1) is 16.0. The Balaban J connectivity index is 2.06. The van der Waals surface area contributed by atoms with Crippen LogP contribution in [0.15, 0.2) is 11.4 Å². The third kappa shape index (κ3) is 3.82. The highest BCUT2D eigenvalue weighted by atomic mass is 32.1. The van der Waals surface area contributed by atoms with Crippen LogP contribution in [0.2, 0.25) is 0 Å². The minimum Gasteiger partial charge on any atom is -0.381 e. The molecule has 1 fully saturated rings. The number of nitrogens with two attached hydrogens (primary N) is 1. The molecule has 1 aliphatic carbocycles. The van der Waals surface area contributed by atoms with Gasteiger partial charge in [0.1, 0.15) is 6.10 Å². The van der Waals surface area contributed by atoms with Crippen LogP contribution in [0.25, 0.3) is 0 Å². The van der Waals surface area contributed by atoms with Gasteiger partial charge in [-0.1, -0.05) is 6.92 Å². The summed E-state index contributed by atoms with van der Waals surface area (Å²) in [6, 6.07) is 2.22. The molecule has 4 unspecified atom stereocenters. The SMILES string of the molecule is CCC(N)C(OC1CCCC(OC)C1)c1sccc1C. The van der Waals surface area contributed by atoms with Gasteiger partial charge in [-0.15, -0.1) is 11.3 Å². The fourth-order valence-corrected chi connectivity index (χ4v) is 3.93. The summed E-state index contributed by atoms with van der Waals surface area (Å²) < 4.78 is 11.9. The Morgan fingerprint density at radius 3 is 2.75 bits per heavy atom. The van der Waals surface area contributed by atoms with Crippen molar-refractivity contribution in [2.45, 2.75) is 70.3 Å². The second-order valence-corrected chi connectivity index (χ2v) is 6.69. The number of aryl methyl sites for hydroxylation is 1. The molecule has 0 spiro atoms. The average molecular weight is 297 g/mol. The summed E-state index contributed by atoms with van der Waals surface area (Å²) in [5.74, 6) is 0. The molecule has 0 bridgehead atoms. The van der Waals surface area contributed by atoms with Gasteiger partial charge in [0.2, 0.25) is 0 Å². The van der Waals surface area contributed by atoms with Crippen molar-refractivity contribution < 1.29 is 9.47 Å². The van der Waals surface area contributed by atoms with Crippen molar-refractivity contribution >= 4 is 11.3 Å². The van der Waals surface area contributed by atoms with Crippen molar-refractivity contribution in [1.82, 2.24) is 0 Å². The number of hydrogen-bond donors (Lipinski definition) is 1. The van der Waals surface area contributed by atoms with Gasteiger partial charge in [-0.2, -0.15) is 0 Å². The summed E-state index contributed by atoms with van der Waals surface area (Å²) in [6.07, 6.45) is 6.03. The van der Waals surface area contributed by atoms with Crippen molar-refractivity contribution in [3.05, 3.63) is 21.9 Å². The zero-order chi connectivity index (χ0) is 14.5. The lowest BCUT2D eigenvalue weighted by Gasteiger charge is -2.33. The molecule has 1 heterocycles. The van der Waals surface area contributed by atoms with Crippen LogP contribution in [-0.4, -0.2) is 25.4 Å². The molecular formula is C16H27NO2S. The topological polar surface area (TPSA) is 44.5 Å². The van der Waals surface area contributed by atoms with Gasteiger partial charge in [-0.25, -0.2) is 0 Å². The summed E-state index contributed by atoms with van der Waals surface area (Å²) in [4.78, 5) is 1.29. The predicted octanol–water partition coefficient (Wildman–Crippen LogP) is 3.81. The van der Waals surface area contributed by atoms with Crippen molar-refractivity contribution in [2.75, 3.05) is 7.11 Å². The third-order valence-electron chi connectivity index (χ3n) is 4.27. The zero-order valence-electron chi connectivity index (χ0n) is 12.8. The van der Waals surface area contributed by atoms with E-state index in [2.05, 4.69) is 25.3 Å². The molecule has 2 rings (SSSR count). The van der Waals surface area contributed by atoms with Crippen LogP contribution < -0.4 is 5.73 Å². The Morgan fingerprint density at radius 2 is 2.15 bits per heavy atom. The van der Waals surface area contributed by atoms with E-state index in [1.807, 2.05) is 0 Å². The highest BCUT2D eigenvalue weighted by Crippen LogP contribution is 2.34. The minimum atomic E-state index is 0.0283. The fourth-order valence-electron chi connectivity index (χ4n) is 2.89. The van der Waals surface area contributed by atoms with Crippen molar-refractivity contribution in [2.24, 2.45) is 5.73 Å². The van der Waals surface area contributed by atoms with Crippen LogP contribution in [0.1, 0.15) is 55.6 Å². The normalized spacial score (nSPS) is 26.4. The van der Waals surface area contributed by atoms with E-state index in [-0.39, 0.29) is 18.2 Å². The van der Waals surface area contributed by atoms with Crippen LogP contribution in [0.3, 0.4) is 0 Å². The molecule has 0 saturated heterocycles. The number of thiophene rings is 1. The van der Waals surface area contributed by atoms with Crippen LogP contribution in [0, 0.1) is 6.92 Å². The van der Waals surface area contributed by atoms with Crippen LogP contribution >= 0.6 is 11.3 Å². The minimum absolute atomic E-state index is 0.0283. The largest absolute Gasteiger partial charge is 0.381 e. The Hall–Kier alpha value is -0.420. The molecule has 0 aliphatic heterocycles. The van der Waals surface area contributed by atoms with E-state index >= 15 is 0 Å². The summed E-state index contributed by atoms with van der Waals surface area (Å²) in [7, 11) is 1.80. The molecule has 4 heteroatoms. The van der Waals surface area contributed by atoms with E-state index in [0.29, 0.717) is 6.10 Å². The molecule has 1 aliphatic rings. The Bertz CT molecular complexity index is 407. The van der Waals surface area contributed by atoms with E-state index in [0.717, 1.165) is 25.7 Å². The van der Waals surface area contributed by atoms with Crippen LogP contribution in [0.5, 0.6) is 0 Å². The Labute approximate surface area is 126 Å². The molecule has 3 nitrogen and oxygen atoms in total. The lowest BCUT2D eigenvalue weighted by Crippen LogP contribution is -2.35.